The van der Waals surface area contributed by atoms with E-state index in [-0.39, 0.29) is 0 Å². The lowest BCUT2D eigenvalue weighted by Gasteiger charge is -2.35. The Morgan fingerprint density at radius 1 is 0.750 bits per heavy atom. The minimum atomic E-state index is -1.46. The fraction of sp³-hybridized carbons (Fsp3) is 0.179. The number of amidine groups is 1. The van der Waals surface area contributed by atoms with E-state index in [1.54, 1.807) is 7.11 Å². The van der Waals surface area contributed by atoms with Crippen molar-refractivity contribution in [1.29, 1.82) is 0 Å². The quantitative estimate of drug-likeness (QED) is 0.183. The first-order valence-corrected chi connectivity index (χ1v) is 14.9. The summed E-state index contributed by atoms with van der Waals surface area (Å²) in [6.45, 7) is 5.01. The molecule has 6 rings (SSSR count). The molecule has 0 bridgehead atoms. The number of aliphatic carboxylic acids is 1. The molecule has 5 aromatic rings. The number of rotatable bonds is 9. The van der Waals surface area contributed by atoms with Crippen LogP contribution in [0.4, 0.5) is 0 Å². The average molecular weight is 582 g/mol. The van der Waals surface area contributed by atoms with E-state index < -0.39 is 17.6 Å². The molecule has 0 fully saturated rings. The third-order valence-corrected chi connectivity index (χ3v) is 8.60. The Bertz CT molecular complexity index is 1760. The molecule has 0 saturated heterocycles. The van der Waals surface area contributed by atoms with E-state index >= 15 is 0 Å². The molecule has 220 valence electrons. The van der Waals surface area contributed by atoms with E-state index in [9.17, 15) is 9.90 Å². The molecule has 2 atom stereocenters. The minimum absolute atomic E-state index is 0.399. The van der Waals surface area contributed by atoms with Crippen molar-refractivity contribution < 1.29 is 19.2 Å². The summed E-state index contributed by atoms with van der Waals surface area (Å²) < 4.78 is 7.80. The molecule has 5 heteroatoms. The monoisotopic (exact) mass is 581 g/mol. The second-order valence-corrected chi connectivity index (χ2v) is 11.5. The van der Waals surface area contributed by atoms with Gasteiger partial charge >= 0.3 is 5.97 Å². The molecule has 5 aromatic carbocycles. The molecule has 44 heavy (non-hydrogen) atoms. The summed E-state index contributed by atoms with van der Waals surface area (Å²) in [5.74, 6) is 0.702. The van der Waals surface area contributed by atoms with Gasteiger partial charge in [0.2, 0.25) is 0 Å². The van der Waals surface area contributed by atoms with Crippen LogP contribution in [-0.2, 0) is 23.4 Å². The highest BCUT2D eigenvalue weighted by Gasteiger charge is 2.67. The summed E-state index contributed by atoms with van der Waals surface area (Å²) in [5, 5.41) is 11.7. The zero-order valence-corrected chi connectivity index (χ0v) is 25.4. The molecule has 2 unspecified atom stereocenters. The number of aryl methyl sites for hydroxylation is 2. The topological polar surface area (TPSA) is 52.8 Å². The van der Waals surface area contributed by atoms with Gasteiger partial charge < -0.3 is 9.84 Å². The predicted molar refractivity (Wildman–Crippen MR) is 174 cm³/mol. The smallest absolute Gasteiger partial charge is 0.362 e. The molecule has 1 N–H and O–H groups in total. The van der Waals surface area contributed by atoms with Gasteiger partial charge in [-0.05, 0) is 49.2 Å². The van der Waals surface area contributed by atoms with Gasteiger partial charge in [-0.25, -0.2) is 14.3 Å². The minimum Gasteiger partial charge on any atom is -0.497 e. The van der Waals surface area contributed by atoms with Gasteiger partial charge in [-0.2, -0.15) is 0 Å². The fourth-order valence-electron chi connectivity index (χ4n) is 6.44. The third kappa shape index (κ3) is 5.26. The summed E-state index contributed by atoms with van der Waals surface area (Å²) in [5.41, 5.74) is 5.47. The zero-order chi connectivity index (χ0) is 30.7. The molecular formula is C39H37N2O3+. The van der Waals surface area contributed by atoms with Crippen LogP contribution in [0.3, 0.4) is 0 Å². The average Bonchev–Trinajstić information content (AvgIpc) is 3.32. The molecule has 5 nitrogen and oxygen atoms in total. The van der Waals surface area contributed by atoms with Gasteiger partial charge in [0.05, 0.1) is 12.7 Å². The largest absolute Gasteiger partial charge is 0.497 e. The van der Waals surface area contributed by atoms with Crippen molar-refractivity contribution in [2.75, 3.05) is 7.11 Å². The maximum atomic E-state index is 14.2. The van der Waals surface area contributed by atoms with Crippen molar-refractivity contribution >= 4 is 11.8 Å². The third-order valence-electron chi connectivity index (χ3n) is 8.60. The summed E-state index contributed by atoms with van der Waals surface area (Å²) in [6.07, 6.45) is 0. The van der Waals surface area contributed by atoms with Gasteiger partial charge in [0.1, 0.15) is 18.8 Å². The van der Waals surface area contributed by atoms with Crippen LogP contribution in [0.2, 0.25) is 0 Å². The number of nitrogens with zero attached hydrogens (tertiary/aromatic N) is 2. The van der Waals surface area contributed by atoms with Crippen molar-refractivity contribution in [2.45, 2.75) is 38.5 Å². The maximum absolute atomic E-state index is 14.2. The van der Waals surface area contributed by atoms with Gasteiger partial charge in [-0.15, -0.1) is 0 Å². The van der Waals surface area contributed by atoms with Crippen LogP contribution in [0.25, 0.3) is 0 Å². The van der Waals surface area contributed by atoms with Crippen LogP contribution < -0.4 is 4.74 Å². The van der Waals surface area contributed by atoms with Crippen LogP contribution in [0.5, 0.6) is 5.75 Å². The molecule has 1 aliphatic heterocycles. The SMILES string of the molecule is COc1ccc(C2=[N+](Cc3ccccc3)C(c3ccc(C)cc3)C(C(=O)O)(c3ccc(C)cc3)N2Cc2ccccc2)cc1. The molecule has 0 aliphatic carbocycles. The van der Waals surface area contributed by atoms with E-state index in [1.165, 1.54) is 0 Å². The normalized spacial score (nSPS) is 18.0. The number of hydrogen-bond donors (Lipinski definition) is 1. The lowest BCUT2D eigenvalue weighted by Crippen LogP contribution is -2.53. The second-order valence-electron chi connectivity index (χ2n) is 11.5. The van der Waals surface area contributed by atoms with Crippen molar-refractivity contribution in [2.24, 2.45) is 0 Å². The summed E-state index contributed by atoms with van der Waals surface area (Å²) in [4.78, 5) is 16.3. The number of carboxylic acids is 1. The molecule has 1 heterocycles. The van der Waals surface area contributed by atoms with E-state index in [0.717, 1.165) is 50.5 Å². The summed E-state index contributed by atoms with van der Waals surface area (Å²) in [6, 6.07) is 44.1. The highest BCUT2D eigenvalue weighted by Crippen LogP contribution is 2.50. The first kappa shape index (κ1) is 28.9. The van der Waals surface area contributed by atoms with Gasteiger partial charge in [-0.1, -0.05) is 120 Å². The molecular weight excluding hydrogens is 544 g/mol. The Kier molecular flexibility index (Phi) is 8.03. The van der Waals surface area contributed by atoms with Gasteiger partial charge in [0.25, 0.3) is 11.4 Å². The fourth-order valence-corrected chi connectivity index (χ4v) is 6.44. The second kappa shape index (κ2) is 12.2. The Labute approximate surface area is 259 Å². The molecule has 0 spiro atoms. The van der Waals surface area contributed by atoms with Gasteiger partial charge in [0.15, 0.2) is 6.04 Å². The first-order chi connectivity index (χ1) is 21.4. The number of ether oxygens (including phenoxy) is 1. The number of benzene rings is 5. The maximum Gasteiger partial charge on any atom is 0.362 e. The Morgan fingerprint density at radius 3 is 1.84 bits per heavy atom. The van der Waals surface area contributed by atoms with E-state index in [1.807, 2.05) is 91.9 Å². The Hall–Kier alpha value is -5.16. The van der Waals surface area contributed by atoms with Crippen molar-refractivity contribution in [3.05, 3.63) is 172 Å². The summed E-state index contributed by atoms with van der Waals surface area (Å²) >= 11 is 0. The lowest BCUT2D eigenvalue weighted by molar-refractivity contribution is -0.586. The van der Waals surface area contributed by atoms with Gasteiger partial charge in [0, 0.05) is 11.1 Å². The number of hydrogen-bond acceptors (Lipinski definition) is 3. The Balaban J connectivity index is 1.72. The molecule has 0 saturated carbocycles. The van der Waals surface area contributed by atoms with E-state index in [2.05, 4.69) is 64.9 Å². The van der Waals surface area contributed by atoms with Crippen molar-refractivity contribution in [1.82, 2.24) is 4.90 Å². The van der Waals surface area contributed by atoms with Crippen LogP contribution in [-0.4, -0.2) is 33.5 Å². The lowest BCUT2D eigenvalue weighted by atomic mass is 9.77. The van der Waals surface area contributed by atoms with Crippen LogP contribution in [0, 0.1) is 13.8 Å². The van der Waals surface area contributed by atoms with Crippen LogP contribution in [0.15, 0.2) is 133 Å². The van der Waals surface area contributed by atoms with E-state index in [0.29, 0.717) is 13.1 Å². The highest BCUT2D eigenvalue weighted by atomic mass is 16.5. The zero-order valence-electron chi connectivity index (χ0n) is 25.4. The molecule has 0 radical (unpaired) electrons. The highest BCUT2D eigenvalue weighted by molar-refractivity contribution is 6.01. The van der Waals surface area contributed by atoms with Crippen molar-refractivity contribution in [3.8, 4) is 5.75 Å². The standard InChI is InChI=1S/C39H36N2O3/c1-28-14-18-32(19-15-28)36-39(38(42)43,34-22-16-29(2)17-23-34)41(27-31-12-8-5-9-13-31)37(33-20-24-35(44-3)25-21-33)40(36)26-30-10-6-4-7-11-30/h4-25,36H,26-27H2,1-3H3/p+1. The Morgan fingerprint density at radius 2 is 1.30 bits per heavy atom. The molecule has 0 amide bonds. The number of methoxy groups -OCH3 is 1. The van der Waals surface area contributed by atoms with Gasteiger partial charge in [-0.3, -0.25) is 0 Å². The first-order valence-electron chi connectivity index (χ1n) is 14.9. The van der Waals surface area contributed by atoms with Crippen LogP contribution >= 0.6 is 0 Å². The molecule has 1 aliphatic rings. The predicted octanol–water partition coefficient (Wildman–Crippen LogP) is 7.51. The number of carbonyl (C=O) groups is 1. The summed E-state index contributed by atoms with van der Waals surface area (Å²) in [7, 11) is 1.65. The van der Waals surface area contributed by atoms with E-state index in [4.69, 9.17) is 4.74 Å². The van der Waals surface area contributed by atoms with Crippen LogP contribution in [0.1, 0.15) is 45.0 Å². The number of carboxylic acid groups (broad SMARTS) is 1. The molecule has 0 aromatic heterocycles. The van der Waals surface area contributed by atoms with Crippen molar-refractivity contribution in [3.63, 3.8) is 0 Å².